The number of anilines is 2. The lowest BCUT2D eigenvalue weighted by Crippen LogP contribution is -2.29. The monoisotopic (exact) mass is 360 g/mol. The summed E-state index contributed by atoms with van der Waals surface area (Å²) in [5.74, 6) is 7.97. The summed E-state index contributed by atoms with van der Waals surface area (Å²) in [6, 6.07) is 9.23. The molecule has 0 saturated carbocycles. The summed E-state index contributed by atoms with van der Waals surface area (Å²) in [6.45, 7) is 0.145. The van der Waals surface area contributed by atoms with E-state index in [4.69, 9.17) is 31.5 Å². The van der Waals surface area contributed by atoms with Gasteiger partial charge in [-0.2, -0.15) is 0 Å². The molecule has 25 heavy (non-hydrogen) atoms. The second-order valence-corrected chi connectivity index (χ2v) is 6.11. The van der Waals surface area contributed by atoms with E-state index >= 15 is 0 Å². The van der Waals surface area contributed by atoms with Crippen molar-refractivity contribution in [3.63, 3.8) is 0 Å². The topological polar surface area (TPSA) is 109 Å². The molecule has 1 aliphatic rings. The fraction of sp³-hybridized carbons (Fsp3) is 0.176. The molecule has 1 aliphatic heterocycles. The van der Waals surface area contributed by atoms with Crippen molar-refractivity contribution in [3.8, 4) is 17.2 Å². The van der Waals surface area contributed by atoms with Crippen LogP contribution in [0.5, 0.6) is 17.2 Å². The predicted octanol–water partition coefficient (Wildman–Crippen LogP) is 2.37. The number of hydrogen-bond donors (Lipinski definition) is 3. The molecule has 3 rings (SSSR count). The van der Waals surface area contributed by atoms with Crippen LogP contribution in [-0.2, 0) is 0 Å². The molecule has 0 aliphatic carbocycles. The minimum absolute atomic E-state index is 0.145. The fourth-order valence-corrected chi connectivity index (χ4v) is 3.10. The molecule has 0 unspecified atom stereocenters. The van der Waals surface area contributed by atoms with Gasteiger partial charge in [0.25, 0.3) is 0 Å². The second-order valence-electron chi connectivity index (χ2n) is 5.26. The summed E-state index contributed by atoms with van der Waals surface area (Å²) in [6.07, 6.45) is 3.41. The zero-order valence-corrected chi connectivity index (χ0v) is 14.8. The van der Waals surface area contributed by atoms with E-state index in [1.54, 1.807) is 31.0 Å². The number of nitrogens with two attached hydrogens (primary N) is 3. The molecule has 2 aromatic rings. The Kier molecular flexibility index (Phi) is 4.82. The third-order valence-electron chi connectivity index (χ3n) is 3.86. The first kappa shape index (κ1) is 17.1. The first-order valence-electron chi connectivity index (χ1n) is 7.47. The number of nitrogens with zero attached hydrogens (tertiary/aromatic N) is 1. The van der Waals surface area contributed by atoms with Gasteiger partial charge in [-0.1, -0.05) is 6.07 Å². The average molecular weight is 360 g/mol. The van der Waals surface area contributed by atoms with Crippen LogP contribution in [-0.4, -0.2) is 20.2 Å². The minimum atomic E-state index is 0.145. The van der Waals surface area contributed by atoms with Gasteiger partial charge in [0, 0.05) is 34.5 Å². The van der Waals surface area contributed by atoms with Crippen molar-refractivity contribution >= 4 is 28.8 Å². The van der Waals surface area contributed by atoms with Gasteiger partial charge in [-0.25, -0.2) is 5.84 Å². The molecular formula is C17H20N4O3S. The molecule has 7 nitrogen and oxygen atoms in total. The van der Waals surface area contributed by atoms with E-state index in [0.717, 1.165) is 10.5 Å². The Morgan fingerprint density at radius 2 is 2.08 bits per heavy atom. The molecule has 6 N–H and O–H groups in total. The van der Waals surface area contributed by atoms with Gasteiger partial charge in [0.15, 0.2) is 11.5 Å². The smallest absolute Gasteiger partial charge is 0.231 e. The number of thioether (sulfide) groups is 1. The van der Waals surface area contributed by atoms with E-state index in [2.05, 4.69) is 0 Å². The van der Waals surface area contributed by atoms with Gasteiger partial charge in [-0.05, 0) is 18.4 Å². The maximum atomic E-state index is 6.31. The van der Waals surface area contributed by atoms with Gasteiger partial charge >= 0.3 is 0 Å². The lowest BCUT2D eigenvalue weighted by Gasteiger charge is -2.23. The summed E-state index contributed by atoms with van der Waals surface area (Å²) in [7, 11) is 1.56. The van der Waals surface area contributed by atoms with Crippen LogP contribution >= 0.6 is 11.8 Å². The molecular weight excluding hydrogens is 340 g/mol. The first-order chi connectivity index (χ1) is 12.1. The van der Waals surface area contributed by atoms with Crippen molar-refractivity contribution in [1.82, 2.24) is 0 Å². The maximum absolute atomic E-state index is 6.31. The minimum Gasteiger partial charge on any atom is -0.493 e. The Bertz CT molecular complexity index is 826. The van der Waals surface area contributed by atoms with Crippen molar-refractivity contribution in [1.29, 1.82) is 0 Å². The summed E-state index contributed by atoms with van der Waals surface area (Å²) >= 11 is 1.58. The van der Waals surface area contributed by atoms with Gasteiger partial charge < -0.3 is 25.7 Å². The first-order valence-corrected chi connectivity index (χ1v) is 8.69. The Labute approximate surface area is 150 Å². The highest BCUT2D eigenvalue weighted by molar-refractivity contribution is 7.98. The zero-order valence-electron chi connectivity index (χ0n) is 14.0. The number of hydrazine groups is 1. The summed E-state index contributed by atoms with van der Waals surface area (Å²) < 4.78 is 16.2. The maximum Gasteiger partial charge on any atom is 0.231 e. The fourth-order valence-electron chi connectivity index (χ4n) is 2.60. The van der Waals surface area contributed by atoms with Crippen LogP contribution in [0.3, 0.4) is 0 Å². The molecule has 0 aromatic heterocycles. The van der Waals surface area contributed by atoms with Crippen molar-refractivity contribution in [3.05, 3.63) is 42.1 Å². The van der Waals surface area contributed by atoms with Gasteiger partial charge in [-0.15, -0.1) is 11.8 Å². The van der Waals surface area contributed by atoms with Crippen LogP contribution in [0.25, 0.3) is 5.70 Å². The Morgan fingerprint density at radius 1 is 1.28 bits per heavy atom. The van der Waals surface area contributed by atoms with Crippen LogP contribution in [0.2, 0.25) is 0 Å². The third kappa shape index (κ3) is 3.13. The lowest BCUT2D eigenvalue weighted by atomic mass is 10.1. The van der Waals surface area contributed by atoms with Gasteiger partial charge in [0.2, 0.25) is 12.5 Å². The highest BCUT2D eigenvalue weighted by atomic mass is 32.2. The lowest BCUT2D eigenvalue weighted by molar-refractivity contribution is 0.171. The standard InChI is InChI=1S/C17H20N4O3S/c1-22-14-6-11(7-15-17(14)24-9-23-15)21(20)13(8-18)10-3-4-16(25-2)12(19)5-10/h3-8H,9,18-20H2,1-2H3/b13-8-. The van der Waals surface area contributed by atoms with Crippen LogP contribution in [0.4, 0.5) is 11.4 Å². The number of methoxy groups -OCH3 is 1. The second kappa shape index (κ2) is 7.04. The molecule has 0 atom stereocenters. The molecule has 0 spiro atoms. The number of hydrogen-bond acceptors (Lipinski definition) is 8. The Balaban J connectivity index is 1.98. The molecule has 8 heteroatoms. The quantitative estimate of drug-likeness (QED) is 0.323. The largest absolute Gasteiger partial charge is 0.493 e. The van der Waals surface area contributed by atoms with Crippen LogP contribution in [0.15, 0.2) is 41.4 Å². The predicted molar refractivity (Wildman–Crippen MR) is 101 cm³/mol. The zero-order chi connectivity index (χ0) is 18.0. The summed E-state index contributed by atoms with van der Waals surface area (Å²) in [4.78, 5) is 0.994. The normalized spacial score (nSPS) is 13.0. The summed E-state index contributed by atoms with van der Waals surface area (Å²) in [5.41, 5.74) is 14.6. The average Bonchev–Trinajstić information content (AvgIpc) is 3.10. The molecule has 2 aromatic carbocycles. The van der Waals surface area contributed by atoms with Crippen molar-refractivity contribution in [2.45, 2.75) is 4.90 Å². The number of fused-ring (bicyclic) bond motifs is 1. The highest BCUT2D eigenvalue weighted by Crippen LogP contribution is 2.44. The van der Waals surface area contributed by atoms with Crippen LogP contribution in [0.1, 0.15) is 5.56 Å². The number of nitrogen functional groups attached to an aromatic ring is 1. The molecule has 0 radical (unpaired) electrons. The molecule has 132 valence electrons. The van der Waals surface area contributed by atoms with E-state index in [0.29, 0.717) is 34.3 Å². The van der Waals surface area contributed by atoms with Crippen LogP contribution in [0, 0.1) is 0 Å². The molecule has 1 heterocycles. The van der Waals surface area contributed by atoms with Crippen LogP contribution < -0.4 is 36.5 Å². The van der Waals surface area contributed by atoms with E-state index in [1.807, 2.05) is 24.5 Å². The third-order valence-corrected chi connectivity index (χ3v) is 4.68. The van der Waals surface area contributed by atoms with E-state index < -0.39 is 0 Å². The van der Waals surface area contributed by atoms with Crippen molar-refractivity contribution < 1.29 is 14.2 Å². The SMILES string of the molecule is COc1cc(N(N)/C(=C\N)c2ccc(SC)c(N)c2)cc2c1OCO2. The molecule has 0 fully saturated rings. The van der Waals surface area contributed by atoms with Gasteiger partial charge in [-0.3, -0.25) is 5.01 Å². The Hall–Kier alpha value is -2.71. The molecule has 0 amide bonds. The number of rotatable bonds is 5. The molecule has 0 saturated heterocycles. The van der Waals surface area contributed by atoms with Gasteiger partial charge in [0.1, 0.15) is 0 Å². The van der Waals surface area contributed by atoms with Gasteiger partial charge in [0.05, 0.1) is 18.5 Å². The molecule has 0 bridgehead atoms. The highest BCUT2D eigenvalue weighted by Gasteiger charge is 2.22. The number of ether oxygens (including phenoxy) is 3. The van der Waals surface area contributed by atoms with Crippen molar-refractivity contribution in [2.24, 2.45) is 11.6 Å². The Morgan fingerprint density at radius 3 is 2.72 bits per heavy atom. The van der Waals surface area contributed by atoms with E-state index in [-0.39, 0.29) is 6.79 Å². The summed E-state index contributed by atoms with van der Waals surface area (Å²) in [5, 5.41) is 1.46. The van der Waals surface area contributed by atoms with E-state index in [1.165, 1.54) is 11.2 Å². The van der Waals surface area contributed by atoms with Crippen molar-refractivity contribution in [2.75, 3.05) is 30.9 Å². The van der Waals surface area contributed by atoms with E-state index in [9.17, 15) is 0 Å². The number of benzene rings is 2.